The maximum Gasteiger partial charge on any atom is 0.0634 e. The highest BCUT2D eigenvalue weighted by atomic mass is 79.9. The fraction of sp³-hybridized carbons (Fsp3) is 0.294. The van der Waals surface area contributed by atoms with Crippen LogP contribution >= 0.6 is 47.8 Å². The van der Waals surface area contributed by atoms with E-state index in [9.17, 15) is 0 Å². The first-order valence-corrected chi connectivity index (χ1v) is 9.31. The third kappa shape index (κ3) is 4.83. The van der Waals surface area contributed by atoms with Gasteiger partial charge in [-0.3, -0.25) is 0 Å². The van der Waals surface area contributed by atoms with Gasteiger partial charge in [0.15, 0.2) is 0 Å². The van der Waals surface area contributed by atoms with Crippen molar-refractivity contribution in [2.75, 3.05) is 5.32 Å². The summed E-state index contributed by atoms with van der Waals surface area (Å²) in [6.07, 6.45) is 1.08. The second-order valence-corrected chi connectivity index (χ2v) is 8.11. The molecular formula is C17H18Br3N. The van der Waals surface area contributed by atoms with E-state index in [2.05, 4.69) is 109 Å². The molecule has 2 aromatic carbocycles. The average molecular weight is 476 g/mol. The molecule has 0 aromatic heterocycles. The maximum atomic E-state index is 3.68. The Hall–Kier alpha value is -0.320. The third-order valence-corrected chi connectivity index (χ3v) is 4.94. The molecule has 112 valence electrons. The zero-order valence-electron chi connectivity index (χ0n) is 12.0. The van der Waals surface area contributed by atoms with Gasteiger partial charge >= 0.3 is 0 Å². The minimum atomic E-state index is 0.292. The molecule has 0 heterocycles. The van der Waals surface area contributed by atoms with Crippen LogP contribution in [0.3, 0.4) is 0 Å². The Morgan fingerprint density at radius 1 is 0.952 bits per heavy atom. The minimum Gasteiger partial charge on any atom is -0.376 e. The molecular weight excluding hydrogens is 458 g/mol. The lowest BCUT2D eigenvalue weighted by molar-refractivity contribution is 0.530. The van der Waals surface area contributed by atoms with Crippen molar-refractivity contribution in [3.8, 4) is 0 Å². The van der Waals surface area contributed by atoms with E-state index >= 15 is 0 Å². The van der Waals surface area contributed by atoms with Crippen LogP contribution in [0.25, 0.3) is 0 Å². The molecule has 4 heteroatoms. The lowest BCUT2D eigenvalue weighted by atomic mass is 9.97. The van der Waals surface area contributed by atoms with Gasteiger partial charge in [0.1, 0.15) is 0 Å². The number of halogens is 3. The van der Waals surface area contributed by atoms with E-state index in [0.29, 0.717) is 12.0 Å². The van der Waals surface area contributed by atoms with E-state index in [-0.39, 0.29) is 0 Å². The quantitative estimate of drug-likeness (QED) is 0.483. The molecule has 0 bridgehead atoms. The monoisotopic (exact) mass is 473 g/mol. The SMILES string of the molecule is CC(C)CC(Nc1c(Br)cc(Br)cc1Br)c1ccccc1. The van der Waals surface area contributed by atoms with E-state index in [4.69, 9.17) is 0 Å². The molecule has 0 saturated carbocycles. The Balaban J connectivity index is 2.32. The van der Waals surface area contributed by atoms with E-state index in [1.54, 1.807) is 0 Å². The summed E-state index contributed by atoms with van der Waals surface area (Å²) in [5, 5.41) is 3.68. The van der Waals surface area contributed by atoms with Gasteiger partial charge in [0, 0.05) is 13.4 Å². The third-order valence-electron chi connectivity index (χ3n) is 3.23. The van der Waals surface area contributed by atoms with E-state index < -0.39 is 0 Å². The van der Waals surface area contributed by atoms with Crippen LogP contribution in [0.1, 0.15) is 31.9 Å². The highest BCUT2D eigenvalue weighted by molar-refractivity contribution is 9.11. The van der Waals surface area contributed by atoms with Crippen molar-refractivity contribution < 1.29 is 0 Å². The smallest absolute Gasteiger partial charge is 0.0634 e. The lowest BCUT2D eigenvalue weighted by Gasteiger charge is -2.24. The van der Waals surface area contributed by atoms with Crippen LogP contribution < -0.4 is 5.32 Å². The predicted molar refractivity (Wildman–Crippen MR) is 102 cm³/mol. The molecule has 0 fully saturated rings. The van der Waals surface area contributed by atoms with Crippen LogP contribution in [0, 0.1) is 5.92 Å². The summed E-state index contributed by atoms with van der Waals surface area (Å²) < 4.78 is 3.15. The molecule has 0 aliphatic carbocycles. The van der Waals surface area contributed by atoms with Gasteiger partial charge in [-0.25, -0.2) is 0 Å². The molecule has 1 unspecified atom stereocenters. The van der Waals surface area contributed by atoms with Gasteiger partial charge in [0.25, 0.3) is 0 Å². The summed E-state index contributed by atoms with van der Waals surface area (Å²) in [6.45, 7) is 4.51. The predicted octanol–water partition coefficient (Wildman–Crippen LogP) is 7.17. The van der Waals surface area contributed by atoms with Crippen LogP contribution in [0.4, 0.5) is 5.69 Å². The van der Waals surface area contributed by atoms with Crippen molar-refractivity contribution in [2.24, 2.45) is 5.92 Å². The molecule has 1 N–H and O–H groups in total. The maximum absolute atomic E-state index is 3.68. The molecule has 0 spiro atoms. The summed E-state index contributed by atoms with van der Waals surface area (Å²) >= 11 is 10.8. The van der Waals surface area contributed by atoms with Crippen molar-refractivity contribution in [3.05, 3.63) is 61.4 Å². The van der Waals surface area contributed by atoms with E-state index in [1.807, 2.05) is 0 Å². The van der Waals surface area contributed by atoms with Crippen LogP contribution in [-0.2, 0) is 0 Å². The van der Waals surface area contributed by atoms with Gasteiger partial charge in [-0.05, 0) is 61.9 Å². The molecule has 0 aliphatic heterocycles. The fourth-order valence-corrected chi connectivity index (χ4v) is 4.78. The topological polar surface area (TPSA) is 12.0 Å². The first-order valence-electron chi connectivity index (χ1n) is 6.93. The zero-order chi connectivity index (χ0) is 15.4. The van der Waals surface area contributed by atoms with Crippen molar-refractivity contribution in [1.29, 1.82) is 0 Å². The standard InChI is InChI=1S/C17H18Br3N/c1-11(2)8-16(12-6-4-3-5-7-12)21-17-14(19)9-13(18)10-15(17)20/h3-7,9-11,16,21H,8H2,1-2H3. The Bertz CT molecular complexity index is 573. The molecule has 21 heavy (non-hydrogen) atoms. The van der Waals surface area contributed by atoms with Gasteiger partial charge in [-0.2, -0.15) is 0 Å². The van der Waals surface area contributed by atoms with E-state index in [1.165, 1.54) is 5.56 Å². The zero-order valence-corrected chi connectivity index (χ0v) is 16.8. The van der Waals surface area contributed by atoms with Gasteiger partial charge in [0.05, 0.1) is 11.7 Å². The number of nitrogens with one attached hydrogen (secondary N) is 1. The summed E-state index contributed by atoms with van der Waals surface area (Å²) in [5.74, 6) is 0.621. The second kappa shape index (κ2) is 7.80. The summed E-state index contributed by atoms with van der Waals surface area (Å²) in [5.41, 5.74) is 2.40. The molecule has 1 nitrogen and oxygen atoms in total. The van der Waals surface area contributed by atoms with E-state index in [0.717, 1.165) is 25.5 Å². The number of hydrogen-bond acceptors (Lipinski definition) is 1. The lowest BCUT2D eigenvalue weighted by Crippen LogP contribution is -2.14. The van der Waals surface area contributed by atoms with Crippen molar-refractivity contribution in [3.63, 3.8) is 0 Å². The van der Waals surface area contributed by atoms with Crippen LogP contribution in [0.15, 0.2) is 55.9 Å². The van der Waals surface area contributed by atoms with Crippen molar-refractivity contribution in [2.45, 2.75) is 26.3 Å². The Kier molecular flexibility index (Phi) is 6.33. The summed E-state index contributed by atoms with van der Waals surface area (Å²) in [6, 6.07) is 15.0. The summed E-state index contributed by atoms with van der Waals surface area (Å²) in [7, 11) is 0. The highest BCUT2D eigenvalue weighted by Gasteiger charge is 2.16. The van der Waals surface area contributed by atoms with Crippen LogP contribution in [0.5, 0.6) is 0 Å². The molecule has 2 rings (SSSR count). The number of benzene rings is 2. The molecule has 0 aliphatic rings. The van der Waals surface area contributed by atoms with Gasteiger partial charge in [0.2, 0.25) is 0 Å². The van der Waals surface area contributed by atoms with Crippen molar-refractivity contribution >= 4 is 53.5 Å². The average Bonchev–Trinajstić information content (AvgIpc) is 2.42. The number of hydrogen-bond donors (Lipinski definition) is 1. The Morgan fingerprint density at radius 2 is 1.52 bits per heavy atom. The largest absolute Gasteiger partial charge is 0.376 e. The molecule has 0 saturated heterocycles. The Labute approximate surface area is 151 Å². The summed E-state index contributed by atoms with van der Waals surface area (Å²) in [4.78, 5) is 0. The number of anilines is 1. The van der Waals surface area contributed by atoms with Gasteiger partial charge in [-0.15, -0.1) is 0 Å². The van der Waals surface area contributed by atoms with Gasteiger partial charge < -0.3 is 5.32 Å². The van der Waals surface area contributed by atoms with Gasteiger partial charge in [-0.1, -0.05) is 60.1 Å². The number of rotatable bonds is 5. The highest BCUT2D eigenvalue weighted by Crippen LogP contribution is 2.37. The molecule has 1 atom stereocenters. The first kappa shape index (κ1) is 17.0. The van der Waals surface area contributed by atoms with Crippen molar-refractivity contribution in [1.82, 2.24) is 0 Å². The molecule has 0 amide bonds. The van der Waals surface area contributed by atoms with Crippen LogP contribution in [0.2, 0.25) is 0 Å². The first-order chi connectivity index (χ1) is 9.97. The molecule has 2 aromatic rings. The molecule has 0 radical (unpaired) electrons. The second-order valence-electron chi connectivity index (χ2n) is 5.48. The fourth-order valence-electron chi connectivity index (χ4n) is 2.29. The normalized spacial score (nSPS) is 12.5. The minimum absolute atomic E-state index is 0.292. The van der Waals surface area contributed by atoms with Crippen LogP contribution in [-0.4, -0.2) is 0 Å². The Morgan fingerprint density at radius 3 is 2.05 bits per heavy atom.